The Kier molecular flexibility index (Phi) is 3.29. The van der Waals surface area contributed by atoms with E-state index in [9.17, 15) is 19.8 Å². The molecule has 96 valence electrons. The predicted molar refractivity (Wildman–Crippen MR) is 52.6 cm³/mol. The molecule has 2 heterocycles. The molecule has 3 amide bonds. The standard InChI is InChI=1S/C9H14N2O6/c12-3-4-6(14)7(15)8(17-4)11-2-1-5(13)10-9(11)16/h4,6-8,12,14-15H,1-3H2,(H,10,13,16)/i2+1. The minimum atomic E-state index is -1.30. The van der Waals surface area contributed by atoms with E-state index in [1.807, 2.05) is 0 Å². The molecular weight excluding hydrogens is 233 g/mol. The molecule has 2 fully saturated rings. The van der Waals surface area contributed by atoms with E-state index < -0.39 is 43.1 Å². The van der Waals surface area contributed by atoms with Crippen LogP contribution in [-0.2, 0) is 9.53 Å². The van der Waals surface area contributed by atoms with Crippen LogP contribution in [0.15, 0.2) is 0 Å². The van der Waals surface area contributed by atoms with Gasteiger partial charge in [0.15, 0.2) is 6.23 Å². The summed E-state index contributed by atoms with van der Waals surface area (Å²) in [4.78, 5) is 23.6. The minimum absolute atomic E-state index is 0.108. The lowest BCUT2D eigenvalue weighted by atomic mass is 10.1. The monoisotopic (exact) mass is 247 g/mol. The van der Waals surface area contributed by atoms with Crippen molar-refractivity contribution >= 4 is 11.9 Å². The number of ether oxygens (including phenoxy) is 1. The van der Waals surface area contributed by atoms with Crippen molar-refractivity contribution in [1.82, 2.24) is 10.2 Å². The Labute approximate surface area is 96.8 Å². The SMILES string of the molecule is O=C1C[13CH2]N(C2OC(CO)C(O)C2O)C(=O)N1. The van der Waals surface area contributed by atoms with E-state index in [1.165, 1.54) is 0 Å². The second-order valence-corrected chi connectivity index (χ2v) is 4.03. The number of urea groups is 1. The topological polar surface area (TPSA) is 119 Å². The van der Waals surface area contributed by atoms with Gasteiger partial charge in [0, 0.05) is 13.0 Å². The molecule has 0 bridgehead atoms. The molecule has 4 unspecified atom stereocenters. The molecule has 8 heteroatoms. The smallest absolute Gasteiger partial charge is 0.326 e. The zero-order valence-electron chi connectivity index (χ0n) is 8.94. The second kappa shape index (κ2) is 4.57. The number of nitrogens with zero attached hydrogens (tertiary/aromatic N) is 1. The molecule has 0 aromatic heterocycles. The normalized spacial score (nSPS) is 38.4. The summed E-state index contributed by atoms with van der Waals surface area (Å²) in [6, 6.07) is -0.670. The molecular formula is C9H14N2O6. The highest BCUT2D eigenvalue weighted by Crippen LogP contribution is 2.25. The number of amides is 3. The van der Waals surface area contributed by atoms with E-state index in [-0.39, 0.29) is 13.0 Å². The van der Waals surface area contributed by atoms with Crippen LogP contribution >= 0.6 is 0 Å². The van der Waals surface area contributed by atoms with E-state index >= 15 is 0 Å². The number of carbonyl (C=O) groups excluding carboxylic acids is 2. The Hall–Kier alpha value is -1.22. The fraction of sp³-hybridized carbons (Fsp3) is 0.778. The van der Waals surface area contributed by atoms with Crippen molar-refractivity contribution in [3.63, 3.8) is 0 Å². The zero-order chi connectivity index (χ0) is 12.6. The van der Waals surface area contributed by atoms with Gasteiger partial charge in [-0.05, 0) is 0 Å². The van der Waals surface area contributed by atoms with Crippen molar-refractivity contribution < 1.29 is 29.6 Å². The predicted octanol–water partition coefficient (Wildman–Crippen LogP) is -2.63. The lowest BCUT2D eigenvalue weighted by Gasteiger charge is -2.32. The molecule has 2 aliphatic rings. The number of aliphatic hydroxyl groups is 3. The Morgan fingerprint density at radius 1 is 1.35 bits per heavy atom. The number of aliphatic hydroxyl groups excluding tert-OH is 3. The number of hydrogen-bond donors (Lipinski definition) is 4. The summed E-state index contributed by atoms with van der Waals surface area (Å²) in [7, 11) is 0. The van der Waals surface area contributed by atoms with Crippen molar-refractivity contribution in [2.45, 2.75) is 31.0 Å². The number of nitrogens with one attached hydrogen (secondary N) is 1. The largest absolute Gasteiger partial charge is 0.394 e. The summed E-state index contributed by atoms with van der Waals surface area (Å²) in [6.45, 7) is -0.347. The van der Waals surface area contributed by atoms with Crippen LogP contribution in [0.25, 0.3) is 0 Å². The summed E-state index contributed by atoms with van der Waals surface area (Å²) < 4.78 is 5.18. The molecule has 8 nitrogen and oxygen atoms in total. The summed E-state index contributed by atoms with van der Waals surface area (Å²) in [5, 5.41) is 30.2. The highest BCUT2D eigenvalue weighted by atomic mass is 16.6. The average Bonchev–Trinajstić information content (AvgIpc) is 2.57. The maximum atomic E-state index is 11.5. The van der Waals surface area contributed by atoms with Crippen molar-refractivity contribution in [2.24, 2.45) is 0 Å². The van der Waals surface area contributed by atoms with Gasteiger partial charge in [-0.1, -0.05) is 0 Å². The van der Waals surface area contributed by atoms with Gasteiger partial charge in [-0.3, -0.25) is 15.0 Å². The van der Waals surface area contributed by atoms with Crippen molar-refractivity contribution in [1.29, 1.82) is 0 Å². The highest BCUT2D eigenvalue weighted by Gasteiger charge is 2.47. The molecule has 0 radical (unpaired) electrons. The highest BCUT2D eigenvalue weighted by molar-refractivity contribution is 5.96. The number of rotatable bonds is 2. The second-order valence-electron chi connectivity index (χ2n) is 4.03. The van der Waals surface area contributed by atoms with Gasteiger partial charge >= 0.3 is 6.03 Å². The average molecular weight is 247 g/mol. The molecule has 0 aromatic rings. The first kappa shape index (κ1) is 12.2. The molecule has 17 heavy (non-hydrogen) atoms. The van der Waals surface area contributed by atoms with Gasteiger partial charge in [0.1, 0.15) is 18.3 Å². The quantitative estimate of drug-likeness (QED) is 0.396. The fourth-order valence-corrected chi connectivity index (χ4v) is 1.96. The molecule has 0 aliphatic carbocycles. The van der Waals surface area contributed by atoms with Crippen LogP contribution in [0, 0.1) is 0 Å². The first-order valence-electron chi connectivity index (χ1n) is 5.27. The molecule has 2 saturated heterocycles. The van der Waals surface area contributed by atoms with Gasteiger partial charge in [-0.25, -0.2) is 4.79 Å². The van der Waals surface area contributed by atoms with Gasteiger partial charge in [-0.2, -0.15) is 0 Å². The number of hydrogen-bond acceptors (Lipinski definition) is 6. The molecule has 4 atom stereocenters. The Bertz CT molecular complexity index is 335. The van der Waals surface area contributed by atoms with Crippen LogP contribution in [0.3, 0.4) is 0 Å². The van der Waals surface area contributed by atoms with Crippen LogP contribution in [0.1, 0.15) is 6.42 Å². The lowest BCUT2D eigenvalue weighted by Crippen LogP contribution is -2.56. The summed E-state index contributed by atoms with van der Waals surface area (Å²) in [6.07, 6.45) is -4.42. The third kappa shape index (κ3) is 2.12. The van der Waals surface area contributed by atoms with Gasteiger partial charge in [0.25, 0.3) is 0 Å². The van der Waals surface area contributed by atoms with Crippen LogP contribution in [-0.4, -0.2) is 69.8 Å². The number of imide groups is 1. The molecule has 0 spiro atoms. The van der Waals surface area contributed by atoms with E-state index in [4.69, 9.17) is 9.84 Å². The Morgan fingerprint density at radius 2 is 2.06 bits per heavy atom. The van der Waals surface area contributed by atoms with Crippen molar-refractivity contribution in [3.8, 4) is 0 Å². The Morgan fingerprint density at radius 3 is 2.59 bits per heavy atom. The van der Waals surface area contributed by atoms with Crippen LogP contribution in [0.2, 0.25) is 0 Å². The van der Waals surface area contributed by atoms with E-state index in [2.05, 4.69) is 5.32 Å². The van der Waals surface area contributed by atoms with Gasteiger partial charge in [-0.15, -0.1) is 0 Å². The summed E-state index contributed by atoms with van der Waals surface area (Å²) in [5.74, 6) is -0.391. The van der Waals surface area contributed by atoms with Gasteiger partial charge in [0.2, 0.25) is 5.91 Å². The minimum Gasteiger partial charge on any atom is -0.394 e. The molecule has 2 rings (SSSR count). The maximum absolute atomic E-state index is 11.5. The van der Waals surface area contributed by atoms with E-state index in [1.54, 1.807) is 0 Å². The first-order chi connectivity index (χ1) is 8.04. The third-order valence-corrected chi connectivity index (χ3v) is 2.91. The molecule has 2 aliphatic heterocycles. The number of carbonyl (C=O) groups is 2. The molecule has 0 saturated carbocycles. The van der Waals surface area contributed by atoms with Crippen molar-refractivity contribution in [3.05, 3.63) is 0 Å². The van der Waals surface area contributed by atoms with E-state index in [0.29, 0.717) is 0 Å². The molecule has 4 N–H and O–H groups in total. The third-order valence-electron chi connectivity index (χ3n) is 2.91. The van der Waals surface area contributed by atoms with Crippen LogP contribution in [0.5, 0.6) is 0 Å². The Balaban J connectivity index is 2.08. The fourth-order valence-electron chi connectivity index (χ4n) is 1.96. The lowest BCUT2D eigenvalue weighted by molar-refractivity contribution is -0.125. The van der Waals surface area contributed by atoms with Crippen molar-refractivity contribution in [2.75, 3.05) is 13.2 Å². The maximum Gasteiger partial charge on any atom is 0.326 e. The summed E-state index contributed by atoms with van der Waals surface area (Å²) >= 11 is 0. The zero-order valence-corrected chi connectivity index (χ0v) is 8.94. The van der Waals surface area contributed by atoms with Crippen LogP contribution < -0.4 is 5.32 Å². The van der Waals surface area contributed by atoms with Gasteiger partial charge < -0.3 is 20.1 Å². The molecule has 0 aromatic carbocycles. The van der Waals surface area contributed by atoms with Gasteiger partial charge in [0.05, 0.1) is 6.61 Å². The first-order valence-corrected chi connectivity index (χ1v) is 5.27. The van der Waals surface area contributed by atoms with E-state index in [0.717, 1.165) is 4.90 Å². The summed E-state index contributed by atoms with van der Waals surface area (Å²) in [5.41, 5.74) is 0. The van der Waals surface area contributed by atoms with Crippen LogP contribution in [0.4, 0.5) is 4.79 Å².